The van der Waals surface area contributed by atoms with E-state index in [4.69, 9.17) is 18.6 Å². The van der Waals surface area contributed by atoms with Gasteiger partial charge in [-0.1, -0.05) is 78.3 Å². The Kier molecular flexibility index (Phi) is 14.4. The second kappa shape index (κ2) is 17.5. The zero-order valence-electron chi connectivity index (χ0n) is 28.8. The second-order valence-corrected chi connectivity index (χ2v) is 17.1. The SMILES string of the molecule is C=CCOC(=O)CCCCCCNC(=O)O[C@H]1C[C@@H](C)C=C2C=C[C@H](C)[C@H](CC[C@@H]3C[C@H](C(C)(C)C)C(O[SiH](C)C)C(=O)O3)[C@H]21. The minimum absolute atomic E-state index is 0.0620. The third-order valence-corrected chi connectivity index (χ3v) is 10.4. The van der Waals surface area contributed by atoms with Crippen LogP contribution in [0.3, 0.4) is 0 Å². The molecule has 254 valence electrons. The summed E-state index contributed by atoms with van der Waals surface area (Å²) >= 11 is 0. The maximum absolute atomic E-state index is 13.1. The van der Waals surface area contributed by atoms with E-state index in [-0.39, 0.29) is 60.0 Å². The van der Waals surface area contributed by atoms with Crippen molar-refractivity contribution in [2.24, 2.45) is 35.0 Å². The van der Waals surface area contributed by atoms with Crippen LogP contribution < -0.4 is 5.32 Å². The molecule has 0 radical (unpaired) electrons. The van der Waals surface area contributed by atoms with Crippen molar-refractivity contribution in [2.75, 3.05) is 13.2 Å². The lowest BCUT2D eigenvalue weighted by atomic mass is 9.65. The third kappa shape index (κ3) is 11.4. The van der Waals surface area contributed by atoms with Gasteiger partial charge in [0, 0.05) is 24.8 Å². The Balaban J connectivity index is 1.55. The van der Waals surface area contributed by atoms with Crippen LogP contribution in [0.4, 0.5) is 4.79 Å². The molecule has 0 saturated carbocycles. The molecule has 1 saturated heterocycles. The molecule has 2 aliphatic carbocycles. The maximum atomic E-state index is 13.1. The number of hydrogen-bond donors (Lipinski definition) is 1. The molecular formula is C36H59NO7Si. The van der Waals surface area contributed by atoms with Gasteiger partial charge in [0.05, 0.1) is 0 Å². The number of ether oxygens (including phenoxy) is 3. The highest BCUT2D eigenvalue weighted by Gasteiger charge is 2.46. The molecule has 3 aliphatic rings. The summed E-state index contributed by atoms with van der Waals surface area (Å²) < 4.78 is 23.3. The van der Waals surface area contributed by atoms with Gasteiger partial charge in [0.15, 0.2) is 9.04 Å². The number of nitrogens with one attached hydrogen (secondary N) is 1. The highest BCUT2D eigenvalue weighted by molar-refractivity contribution is 6.48. The van der Waals surface area contributed by atoms with Crippen LogP contribution >= 0.6 is 0 Å². The summed E-state index contributed by atoms with van der Waals surface area (Å²) in [5.41, 5.74) is 1.19. The molecule has 1 fully saturated rings. The van der Waals surface area contributed by atoms with Crippen LogP contribution in [-0.2, 0) is 28.2 Å². The average molecular weight is 646 g/mol. The minimum Gasteiger partial charge on any atom is -0.461 e. The van der Waals surface area contributed by atoms with E-state index in [1.165, 1.54) is 5.57 Å². The summed E-state index contributed by atoms with van der Waals surface area (Å²) in [5.74, 6) is 0.759. The Hall–Kier alpha value is -2.39. The van der Waals surface area contributed by atoms with E-state index in [0.29, 0.717) is 24.8 Å². The first kappa shape index (κ1) is 37.1. The number of alkyl carbamates (subject to hydrolysis) is 1. The lowest BCUT2D eigenvalue weighted by Crippen LogP contribution is -2.50. The number of rotatable bonds is 15. The van der Waals surface area contributed by atoms with E-state index in [1.807, 2.05) is 0 Å². The van der Waals surface area contributed by atoms with Crippen LogP contribution in [0.15, 0.2) is 36.5 Å². The molecule has 0 aromatic rings. The molecule has 1 amide bonds. The van der Waals surface area contributed by atoms with Gasteiger partial charge in [0.2, 0.25) is 0 Å². The van der Waals surface area contributed by atoms with Crippen molar-refractivity contribution < 1.29 is 33.0 Å². The predicted molar refractivity (Wildman–Crippen MR) is 180 cm³/mol. The number of cyclic esters (lactones) is 1. The molecule has 0 spiro atoms. The highest BCUT2D eigenvalue weighted by Crippen LogP contribution is 2.46. The fourth-order valence-electron chi connectivity index (χ4n) is 7.22. The highest BCUT2D eigenvalue weighted by atomic mass is 28.3. The molecule has 1 N–H and O–H groups in total. The van der Waals surface area contributed by atoms with Gasteiger partial charge in [0.1, 0.15) is 24.9 Å². The molecule has 9 heteroatoms. The van der Waals surface area contributed by atoms with Crippen molar-refractivity contribution in [1.82, 2.24) is 5.32 Å². The molecule has 1 unspecified atom stereocenters. The van der Waals surface area contributed by atoms with Crippen molar-refractivity contribution in [3.05, 3.63) is 36.5 Å². The summed E-state index contributed by atoms with van der Waals surface area (Å²) in [6, 6.07) is 0. The zero-order chi connectivity index (χ0) is 33.1. The van der Waals surface area contributed by atoms with E-state index in [0.717, 1.165) is 51.4 Å². The van der Waals surface area contributed by atoms with E-state index >= 15 is 0 Å². The molecule has 8 atom stereocenters. The van der Waals surface area contributed by atoms with Crippen LogP contribution in [-0.4, -0.2) is 58.5 Å². The standard InChI is InChI=1S/C36H59NO7Si/c1-9-20-41-31(38)14-12-10-11-13-19-37-35(40)43-30-22-24(2)21-26-16-15-25(3)28(32(26)30)18-17-27-23-29(36(4,5)6)33(34(39)42-27)44-45(7)8/h9,15-16,21,24-25,27-30,32-33,45H,1,10-14,17-20,22-23H2,2-8H3,(H,37,40)/t24-,25-,27+,28-,29-,30-,32-,33?/m0/s1. The molecule has 0 bridgehead atoms. The fraction of sp³-hybridized carbons (Fsp3) is 0.750. The van der Waals surface area contributed by atoms with E-state index < -0.39 is 15.1 Å². The van der Waals surface area contributed by atoms with Crippen LogP contribution in [0, 0.1) is 35.0 Å². The molecule has 0 aromatic carbocycles. The van der Waals surface area contributed by atoms with Crippen molar-refractivity contribution in [2.45, 2.75) is 124 Å². The number of esters is 2. The fourth-order valence-corrected chi connectivity index (χ4v) is 8.11. The number of fused-ring (bicyclic) bond motifs is 1. The topological polar surface area (TPSA) is 100 Å². The first-order chi connectivity index (χ1) is 21.3. The minimum atomic E-state index is -1.40. The maximum Gasteiger partial charge on any atom is 0.407 e. The predicted octanol–water partition coefficient (Wildman–Crippen LogP) is 7.29. The third-order valence-electron chi connectivity index (χ3n) is 9.54. The van der Waals surface area contributed by atoms with Gasteiger partial charge in [-0.3, -0.25) is 4.79 Å². The first-order valence-corrected chi connectivity index (χ1v) is 20.0. The van der Waals surface area contributed by atoms with Gasteiger partial charge in [-0.05, 0) is 80.4 Å². The van der Waals surface area contributed by atoms with E-state index in [1.54, 1.807) is 6.08 Å². The molecule has 8 nitrogen and oxygen atoms in total. The normalized spacial score (nSPS) is 29.8. The largest absolute Gasteiger partial charge is 0.461 e. The Morgan fingerprint density at radius 2 is 1.84 bits per heavy atom. The van der Waals surface area contributed by atoms with Crippen LogP contribution in [0.5, 0.6) is 0 Å². The number of unbranched alkanes of at least 4 members (excludes halogenated alkanes) is 3. The van der Waals surface area contributed by atoms with Gasteiger partial charge in [0.25, 0.3) is 0 Å². The Morgan fingerprint density at radius 1 is 1.11 bits per heavy atom. The molecule has 3 rings (SSSR count). The number of carbonyl (C=O) groups is 3. The first-order valence-electron chi connectivity index (χ1n) is 17.3. The second-order valence-electron chi connectivity index (χ2n) is 14.7. The molecule has 45 heavy (non-hydrogen) atoms. The molecule has 0 aromatic heterocycles. The quantitative estimate of drug-likeness (QED) is 0.0656. The lowest BCUT2D eigenvalue weighted by molar-refractivity contribution is -0.176. The zero-order valence-corrected chi connectivity index (χ0v) is 30.0. The summed E-state index contributed by atoms with van der Waals surface area (Å²) in [6.07, 6.45) is 14.3. The molecule has 1 aliphatic heterocycles. The Labute approximate surface area is 273 Å². The molecule has 1 heterocycles. The van der Waals surface area contributed by atoms with Crippen molar-refractivity contribution in [1.29, 1.82) is 0 Å². The number of allylic oxidation sites excluding steroid dienone is 3. The lowest BCUT2D eigenvalue weighted by Gasteiger charge is -2.45. The van der Waals surface area contributed by atoms with Gasteiger partial charge in [-0.15, -0.1) is 0 Å². The summed E-state index contributed by atoms with van der Waals surface area (Å²) in [5, 5.41) is 2.95. The van der Waals surface area contributed by atoms with Gasteiger partial charge < -0.3 is 24.0 Å². The van der Waals surface area contributed by atoms with Crippen LogP contribution in [0.1, 0.15) is 92.4 Å². The number of amides is 1. The van der Waals surface area contributed by atoms with Crippen molar-refractivity contribution in [3.63, 3.8) is 0 Å². The van der Waals surface area contributed by atoms with Crippen LogP contribution in [0.2, 0.25) is 13.1 Å². The van der Waals surface area contributed by atoms with Crippen molar-refractivity contribution in [3.8, 4) is 0 Å². The number of hydrogen-bond acceptors (Lipinski definition) is 7. The summed E-state index contributed by atoms with van der Waals surface area (Å²) in [7, 11) is -1.40. The van der Waals surface area contributed by atoms with Crippen LogP contribution in [0.25, 0.3) is 0 Å². The molecular weight excluding hydrogens is 586 g/mol. The number of carbonyl (C=O) groups excluding carboxylic acids is 3. The van der Waals surface area contributed by atoms with E-state index in [2.05, 4.69) is 77.8 Å². The Bertz CT molecular complexity index is 1060. The van der Waals surface area contributed by atoms with Gasteiger partial charge >= 0.3 is 18.0 Å². The van der Waals surface area contributed by atoms with E-state index in [9.17, 15) is 14.4 Å². The Morgan fingerprint density at radius 3 is 2.53 bits per heavy atom. The average Bonchev–Trinajstić information content (AvgIpc) is 2.95. The summed E-state index contributed by atoms with van der Waals surface area (Å²) in [6.45, 7) is 19.5. The monoisotopic (exact) mass is 645 g/mol. The van der Waals surface area contributed by atoms with Crippen molar-refractivity contribution >= 4 is 27.1 Å². The van der Waals surface area contributed by atoms with Gasteiger partial charge in [-0.2, -0.15) is 0 Å². The van der Waals surface area contributed by atoms with Gasteiger partial charge in [-0.25, -0.2) is 9.59 Å². The summed E-state index contributed by atoms with van der Waals surface area (Å²) in [4.78, 5) is 37.7. The smallest absolute Gasteiger partial charge is 0.407 e.